The highest BCUT2D eigenvalue weighted by atomic mass is 32.2. The first-order valence-corrected chi connectivity index (χ1v) is 9.34. The zero-order chi connectivity index (χ0) is 18.0. The van der Waals surface area contributed by atoms with Gasteiger partial charge in [0.1, 0.15) is 16.6 Å². The molecule has 5 nitrogen and oxygen atoms in total. The summed E-state index contributed by atoms with van der Waals surface area (Å²) in [6.45, 7) is 0. The molecule has 0 amide bonds. The summed E-state index contributed by atoms with van der Waals surface area (Å²) in [5.74, 6) is 0.292. The molecule has 0 aromatic heterocycles. The lowest BCUT2D eigenvalue weighted by atomic mass is 9.73. The van der Waals surface area contributed by atoms with Crippen LogP contribution in [-0.2, 0) is 19.9 Å². The van der Waals surface area contributed by atoms with E-state index in [-0.39, 0.29) is 11.8 Å². The number of allylic oxidation sites excluding steroid dienone is 1. The van der Waals surface area contributed by atoms with Crippen LogP contribution in [0.3, 0.4) is 0 Å². The maximum Gasteiger partial charge on any atom is 0.319 e. The molecule has 134 valence electrons. The van der Waals surface area contributed by atoms with E-state index < -0.39 is 16.8 Å². The predicted molar refractivity (Wildman–Crippen MR) is 95.6 cm³/mol. The van der Waals surface area contributed by atoms with Crippen LogP contribution in [-0.4, -0.2) is 42.1 Å². The Balaban J connectivity index is 2.03. The average molecular weight is 362 g/mol. The Bertz CT molecular complexity index is 696. The SMILES string of the molecule is COC(=O)[C@H]1SC[C@@](O)(c2ccc(OC)cc2)[C@@H]1C1=CC(=O)CCC1. The maximum absolute atomic E-state index is 12.3. The minimum absolute atomic E-state index is 0.0545. The first kappa shape index (κ1) is 18.0. The second-order valence-corrected chi connectivity index (χ2v) is 7.55. The maximum atomic E-state index is 12.3. The average Bonchev–Trinajstić information content (AvgIpc) is 2.99. The summed E-state index contributed by atoms with van der Waals surface area (Å²) in [5, 5.41) is 11.0. The number of aliphatic hydroxyl groups is 1. The van der Waals surface area contributed by atoms with Gasteiger partial charge in [-0.2, -0.15) is 0 Å². The molecule has 1 aliphatic heterocycles. The van der Waals surface area contributed by atoms with Gasteiger partial charge in [0.05, 0.1) is 14.2 Å². The lowest BCUT2D eigenvalue weighted by Crippen LogP contribution is -2.41. The van der Waals surface area contributed by atoms with Gasteiger partial charge in [0.2, 0.25) is 0 Å². The molecule has 0 unspecified atom stereocenters. The molecule has 25 heavy (non-hydrogen) atoms. The monoisotopic (exact) mass is 362 g/mol. The van der Waals surface area contributed by atoms with Gasteiger partial charge in [0.15, 0.2) is 5.78 Å². The molecular weight excluding hydrogens is 340 g/mol. The summed E-state index contributed by atoms with van der Waals surface area (Å²) in [5.41, 5.74) is 0.338. The summed E-state index contributed by atoms with van der Waals surface area (Å²) in [4.78, 5) is 24.2. The van der Waals surface area contributed by atoms with Crippen molar-refractivity contribution < 1.29 is 24.2 Å². The fourth-order valence-electron chi connectivity index (χ4n) is 3.68. The quantitative estimate of drug-likeness (QED) is 0.830. The Hall–Kier alpha value is -1.79. The highest BCUT2D eigenvalue weighted by molar-refractivity contribution is 8.01. The Morgan fingerprint density at radius 1 is 1.24 bits per heavy atom. The van der Waals surface area contributed by atoms with Crippen LogP contribution in [0, 0.1) is 5.92 Å². The van der Waals surface area contributed by atoms with E-state index in [4.69, 9.17) is 9.47 Å². The van der Waals surface area contributed by atoms with E-state index in [1.54, 1.807) is 25.3 Å². The summed E-state index contributed by atoms with van der Waals surface area (Å²) in [7, 11) is 2.94. The molecule has 1 aliphatic carbocycles. The van der Waals surface area contributed by atoms with E-state index in [2.05, 4.69) is 0 Å². The number of thioether (sulfide) groups is 1. The third-order valence-electron chi connectivity index (χ3n) is 4.96. The number of ketones is 1. The molecule has 3 atom stereocenters. The van der Waals surface area contributed by atoms with Gasteiger partial charge >= 0.3 is 5.97 Å². The fourth-order valence-corrected chi connectivity index (χ4v) is 5.28. The third-order valence-corrected chi connectivity index (χ3v) is 6.39. The van der Waals surface area contributed by atoms with Gasteiger partial charge in [0.25, 0.3) is 0 Å². The van der Waals surface area contributed by atoms with Crippen molar-refractivity contribution in [2.45, 2.75) is 30.1 Å². The Morgan fingerprint density at radius 2 is 1.96 bits per heavy atom. The normalized spacial score (nSPS) is 29.2. The molecule has 2 aliphatic rings. The van der Waals surface area contributed by atoms with Gasteiger partial charge in [0, 0.05) is 18.1 Å². The second-order valence-electron chi connectivity index (χ2n) is 6.42. The number of esters is 1. The zero-order valence-electron chi connectivity index (χ0n) is 14.4. The van der Waals surface area contributed by atoms with Crippen LogP contribution in [0.4, 0.5) is 0 Å². The molecule has 3 rings (SSSR count). The Kier molecular flexibility index (Phi) is 5.20. The van der Waals surface area contributed by atoms with Crippen LogP contribution in [0.2, 0.25) is 0 Å². The number of ether oxygens (including phenoxy) is 2. The van der Waals surface area contributed by atoms with Gasteiger partial charge in [-0.3, -0.25) is 9.59 Å². The molecule has 1 aromatic rings. The molecule has 0 radical (unpaired) electrons. The second kappa shape index (κ2) is 7.22. The highest BCUT2D eigenvalue weighted by Gasteiger charge is 2.53. The van der Waals surface area contributed by atoms with Crippen molar-refractivity contribution in [3.8, 4) is 5.75 Å². The van der Waals surface area contributed by atoms with Crippen LogP contribution in [0.25, 0.3) is 0 Å². The number of rotatable bonds is 4. The minimum Gasteiger partial charge on any atom is -0.497 e. The molecule has 1 aromatic carbocycles. The molecule has 0 saturated carbocycles. The van der Waals surface area contributed by atoms with Crippen molar-refractivity contribution >= 4 is 23.5 Å². The van der Waals surface area contributed by atoms with Crippen molar-refractivity contribution in [1.82, 2.24) is 0 Å². The van der Waals surface area contributed by atoms with Crippen LogP contribution in [0.15, 0.2) is 35.9 Å². The number of methoxy groups -OCH3 is 2. The molecule has 1 heterocycles. The van der Waals surface area contributed by atoms with E-state index in [0.717, 1.165) is 17.6 Å². The van der Waals surface area contributed by atoms with E-state index in [9.17, 15) is 14.7 Å². The smallest absolute Gasteiger partial charge is 0.319 e. The van der Waals surface area contributed by atoms with E-state index in [1.807, 2.05) is 12.1 Å². The zero-order valence-corrected chi connectivity index (χ0v) is 15.2. The van der Waals surface area contributed by atoms with Crippen molar-refractivity contribution in [2.24, 2.45) is 5.92 Å². The van der Waals surface area contributed by atoms with Crippen LogP contribution >= 0.6 is 11.8 Å². The lowest BCUT2D eigenvalue weighted by molar-refractivity contribution is -0.142. The van der Waals surface area contributed by atoms with E-state index in [0.29, 0.717) is 24.3 Å². The van der Waals surface area contributed by atoms with Crippen molar-refractivity contribution in [1.29, 1.82) is 0 Å². The number of benzene rings is 1. The number of carbonyl (C=O) groups is 2. The summed E-state index contributed by atoms with van der Waals surface area (Å²) in [6, 6.07) is 7.22. The van der Waals surface area contributed by atoms with Crippen LogP contribution in [0.1, 0.15) is 24.8 Å². The molecule has 0 spiro atoms. The van der Waals surface area contributed by atoms with Crippen LogP contribution < -0.4 is 4.74 Å². The van der Waals surface area contributed by atoms with Gasteiger partial charge < -0.3 is 14.6 Å². The Labute approximate surface area is 151 Å². The number of hydrogen-bond donors (Lipinski definition) is 1. The highest BCUT2D eigenvalue weighted by Crippen LogP contribution is 2.51. The summed E-state index contributed by atoms with van der Waals surface area (Å²) < 4.78 is 10.1. The van der Waals surface area contributed by atoms with Gasteiger partial charge in [-0.05, 0) is 36.6 Å². The van der Waals surface area contributed by atoms with Gasteiger partial charge in [-0.1, -0.05) is 17.7 Å². The van der Waals surface area contributed by atoms with Crippen molar-refractivity contribution in [2.75, 3.05) is 20.0 Å². The topological polar surface area (TPSA) is 72.8 Å². The van der Waals surface area contributed by atoms with E-state index in [1.165, 1.54) is 18.9 Å². The fraction of sp³-hybridized carbons (Fsp3) is 0.474. The number of hydrogen-bond acceptors (Lipinski definition) is 6. The molecule has 6 heteroatoms. The van der Waals surface area contributed by atoms with Gasteiger partial charge in [-0.15, -0.1) is 11.8 Å². The standard InChI is InChI=1S/C19H22O5S/c1-23-15-8-6-13(7-9-15)19(22)11-25-17(18(21)24-2)16(19)12-4-3-5-14(20)10-12/h6-10,16-17,22H,3-5,11H2,1-2H3/t16-,17+,19-/m1/s1. The van der Waals surface area contributed by atoms with Crippen LogP contribution in [0.5, 0.6) is 5.75 Å². The molecular formula is C19H22O5S. The first-order valence-electron chi connectivity index (χ1n) is 8.29. The first-order chi connectivity index (χ1) is 12.0. The Morgan fingerprint density at radius 3 is 2.56 bits per heavy atom. The lowest BCUT2D eigenvalue weighted by Gasteiger charge is -2.34. The molecule has 1 fully saturated rings. The van der Waals surface area contributed by atoms with Crippen molar-refractivity contribution in [3.63, 3.8) is 0 Å². The third kappa shape index (κ3) is 3.33. The summed E-state index contributed by atoms with van der Waals surface area (Å²) in [6.07, 6.45) is 3.60. The minimum atomic E-state index is -1.22. The van der Waals surface area contributed by atoms with Gasteiger partial charge in [-0.25, -0.2) is 0 Å². The molecule has 0 bridgehead atoms. The largest absolute Gasteiger partial charge is 0.497 e. The predicted octanol–water partition coefficient (Wildman–Crippen LogP) is 2.47. The van der Waals surface area contributed by atoms with E-state index >= 15 is 0 Å². The van der Waals surface area contributed by atoms with Crippen molar-refractivity contribution in [3.05, 3.63) is 41.5 Å². The molecule has 1 saturated heterocycles. The number of carbonyl (C=O) groups excluding carboxylic acids is 2. The summed E-state index contributed by atoms with van der Waals surface area (Å²) >= 11 is 1.38. The molecule has 1 N–H and O–H groups in total.